The molecule has 1 aromatic carbocycles. The summed E-state index contributed by atoms with van der Waals surface area (Å²) >= 11 is 0. The van der Waals surface area contributed by atoms with Gasteiger partial charge >= 0.3 is 5.97 Å². The van der Waals surface area contributed by atoms with Gasteiger partial charge in [-0.05, 0) is 35.8 Å². The van der Waals surface area contributed by atoms with E-state index in [1.165, 1.54) is 0 Å². The summed E-state index contributed by atoms with van der Waals surface area (Å²) in [7, 11) is 0. The maximum Gasteiger partial charge on any atom is 0.331 e. The summed E-state index contributed by atoms with van der Waals surface area (Å²) in [6.07, 6.45) is 5.32. The normalized spacial score (nSPS) is 30.6. The molecule has 0 aromatic heterocycles. The van der Waals surface area contributed by atoms with E-state index in [-0.39, 0.29) is 22.9 Å². The Bertz CT molecular complexity index is 544. The monoisotopic (exact) mass is 300 g/mol. The minimum Gasteiger partial charge on any atom is -0.459 e. The summed E-state index contributed by atoms with van der Waals surface area (Å²) in [6.45, 7) is 11.3. The summed E-state index contributed by atoms with van der Waals surface area (Å²) in [6, 6.07) is 9.83. The fourth-order valence-electron chi connectivity index (χ4n) is 3.62. The fraction of sp³-hybridized carbons (Fsp3) is 0.550. The number of hydrogen-bond donors (Lipinski definition) is 0. The van der Waals surface area contributed by atoms with Crippen LogP contribution >= 0.6 is 0 Å². The average Bonchev–Trinajstić information content (AvgIpc) is 2.67. The molecule has 0 amide bonds. The molecule has 1 fully saturated rings. The molecule has 0 radical (unpaired) electrons. The highest BCUT2D eigenvalue weighted by Gasteiger charge is 2.56. The van der Waals surface area contributed by atoms with E-state index in [1.807, 2.05) is 36.4 Å². The number of carbonyl (C=O) groups excluding carboxylic acids is 1. The first-order chi connectivity index (χ1) is 10.3. The minimum absolute atomic E-state index is 0.00424. The van der Waals surface area contributed by atoms with Crippen molar-refractivity contribution in [3.63, 3.8) is 0 Å². The molecule has 2 nitrogen and oxygen atoms in total. The van der Waals surface area contributed by atoms with Crippen LogP contribution in [0.1, 0.15) is 53.0 Å². The van der Waals surface area contributed by atoms with E-state index in [1.54, 1.807) is 6.08 Å². The first-order valence-corrected chi connectivity index (χ1v) is 8.25. The molecule has 2 rings (SSSR count). The Labute approximate surface area is 134 Å². The van der Waals surface area contributed by atoms with Gasteiger partial charge in [-0.1, -0.05) is 65.0 Å². The highest BCUT2D eigenvalue weighted by Crippen LogP contribution is 2.58. The van der Waals surface area contributed by atoms with Gasteiger partial charge in [-0.3, -0.25) is 0 Å². The zero-order valence-electron chi connectivity index (χ0n) is 14.4. The van der Waals surface area contributed by atoms with Gasteiger partial charge in [0.2, 0.25) is 0 Å². The second kappa shape index (κ2) is 6.28. The fourth-order valence-corrected chi connectivity index (χ4v) is 3.62. The van der Waals surface area contributed by atoms with Crippen molar-refractivity contribution in [3.05, 3.63) is 42.0 Å². The number of esters is 1. The van der Waals surface area contributed by atoms with Gasteiger partial charge in [0.05, 0.1) is 0 Å². The first kappa shape index (κ1) is 16.8. The molecule has 0 aliphatic heterocycles. The number of ether oxygens (including phenoxy) is 1. The molecule has 0 heterocycles. The predicted molar refractivity (Wildman–Crippen MR) is 91.3 cm³/mol. The van der Waals surface area contributed by atoms with Crippen LogP contribution in [0.5, 0.6) is 0 Å². The Morgan fingerprint density at radius 3 is 2.50 bits per heavy atom. The van der Waals surface area contributed by atoms with Crippen LogP contribution < -0.4 is 0 Å². The third-order valence-corrected chi connectivity index (χ3v) is 6.19. The standard InChI is InChI=1S/C20H28O2/c1-6-20(5)17(14-15(2)19(20,3)4)22-18(21)13-12-16-10-8-7-9-11-16/h7-13,15,17H,6,14H2,1-5H3/b13-12+. The first-order valence-electron chi connectivity index (χ1n) is 8.25. The molecule has 22 heavy (non-hydrogen) atoms. The predicted octanol–water partition coefficient (Wildman–Crippen LogP) is 5.09. The molecule has 2 heteroatoms. The van der Waals surface area contributed by atoms with Crippen LogP contribution in [0.15, 0.2) is 36.4 Å². The Hall–Kier alpha value is -1.57. The molecular formula is C20H28O2. The van der Waals surface area contributed by atoms with Crippen molar-refractivity contribution in [2.75, 3.05) is 0 Å². The van der Waals surface area contributed by atoms with E-state index < -0.39 is 0 Å². The Balaban J connectivity index is 2.07. The van der Waals surface area contributed by atoms with E-state index in [0.29, 0.717) is 5.92 Å². The van der Waals surface area contributed by atoms with Crippen LogP contribution in [0.3, 0.4) is 0 Å². The van der Waals surface area contributed by atoms with Gasteiger partial charge in [0, 0.05) is 11.5 Å². The molecule has 0 saturated heterocycles. The zero-order chi connectivity index (χ0) is 16.4. The van der Waals surface area contributed by atoms with E-state index in [9.17, 15) is 4.79 Å². The number of carbonyl (C=O) groups is 1. The van der Waals surface area contributed by atoms with E-state index in [2.05, 4.69) is 34.6 Å². The molecule has 0 bridgehead atoms. The summed E-state index contributed by atoms with van der Waals surface area (Å²) < 4.78 is 5.82. The van der Waals surface area contributed by atoms with Crippen LogP contribution in [0, 0.1) is 16.7 Å². The summed E-state index contributed by atoms with van der Waals surface area (Å²) in [4.78, 5) is 12.2. The Morgan fingerprint density at radius 1 is 1.27 bits per heavy atom. The lowest BCUT2D eigenvalue weighted by Crippen LogP contribution is -2.40. The van der Waals surface area contributed by atoms with Gasteiger partial charge in [0.25, 0.3) is 0 Å². The van der Waals surface area contributed by atoms with E-state index in [0.717, 1.165) is 18.4 Å². The van der Waals surface area contributed by atoms with Crippen molar-refractivity contribution in [3.8, 4) is 0 Å². The smallest absolute Gasteiger partial charge is 0.331 e. The minimum atomic E-state index is -0.238. The van der Waals surface area contributed by atoms with Crippen LogP contribution in [-0.2, 0) is 9.53 Å². The molecule has 120 valence electrons. The summed E-state index contributed by atoms with van der Waals surface area (Å²) in [5, 5.41) is 0. The largest absolute Gasteiger partial charge is 0.459 e. The van der Waals surface area contributed by atoms with Crippen molar-refractivity contribution in [1.82, 2.24) is 0 Å². The third-order valence-electron chi connectivity index (χ3n) is 6.19. The van der Waals surface area contributed by atoms with Crippen LogP contribution in [-0.4, -0.2) is 12.1 Å². The SMILES string of the molecule is CCC1(C)C(OC(=O)/C=C/c2ccccc2)CC(C)C1(C)C. The van der Waals surface area contributed by atoms with Gasteiger partial charge < -0.3 is 4.74 Å². The zero-order valence-corrected chi connectivity index (χ0v) is 14.4. The summed E-state index contributed by atoms with van der Waals surface area (Å²) in [5.74, 6) is 0.312. The molecule has 1 aromatic rings. The molecular weight excluding hydrogens is 272 g/mol. The van der Waals surface area contributed by atoms with Crippen LogP contribution in [0.4, 0.5) is 0 Å². The highest BCUT2D eigenvalue weighted by molar-refractivity contribution is 5.87. The van der Waals surface area contributed by atoms with E-state index in [4.69, 9.17) is 4.74 Å². The van der Waals surface area contributed by atoms with Crippen molar-refractivity contribution in [2.24, 2.45) is 16.7 Å². The van der Waals surface area contributed by atoms with Gasteiger partial charge in [0.15, 0.2) is 0 Å². The Kier molecular flexibility index (Phi) is 4.79. The molecule has 1 aliphatic rings. The topological polar surface area (TPSA) is 26.3 Å². The van der Waals surface area contributed by atoms with Crippen LogP contribution in [0.2, 0.25) is 0 Å². The third kappa shape index (κ3) is 2.97. The highest BCUT2D eigenvalue weighted by atomic mass is 16.5. The quantitative estimate of drug-likeness (QED) is 0.571. The molecule has 0 N–H and O–H groups in total. The number of rotatable bonds is 4. The number of benzene rings is 1. The maximum atomic E-state index is 12.2. The lowest BCUT2D eigenvalue weighted by atomic mass is 9.64. The van der Waals surface area contributed by atoms with Crippen LogP contribution in [0.25, 0.3) is 6.08 Å². The van der Waals surface area contributed by atoms with Crippen molar-refractivity contribution in [2.45, 2.75) is 53.6 Å². The lowest BCUT2D eigenvalue weighted by Gasteiger charge is -2.42. The Morgan fingerprint density at radius 2 is 1.91 bits per heavy atom. The summed E-state index contributed by atoms with van der Waals surface area (Å²) in [5.41, 5.74) is 1.22. The van der Waals surface area contributed by atoms with Crippen molar-refractivity contribution >= 4 is 12.0 Å². The second-order valence-corrected chi connectivity index (χ2v) is 7.30. The molecule has 1 aliphatic carbocycles. The lowest BCUT2D eigenvalue weighted by molar-refractivity contribution is -0.150. The molecule has 0 spiro atoms. The van der Waals surface area contributed by atoms with Gasteiger partial charge in [0.1, 0.15) is 6.10 Å². The van der Waals surface area contributed by atoms with Gasteiger partial charge in [-0.15, -0.1) is 0 Å². The van der Waals surface area contributed by atoms with Crippen molar-refractivity contribution < 1.29 is 9.53 Å². The molecule has 1 saturated carbocycles. The van der Waals surface area contributed by atoms with E-state index >= 15 is 0 Å². The van der Waals surface area contributed by atoms with Crippen molar-refractivity contribution in [1.29, 1.82) is 0 Å². The average molecular weight is 300 g/mol. The molecule has 3 unspecified atom stereocenters. The maximum absolute atomic E-state index is 12.2. The van der Waals surface area contributed by atoms with Gasteiger partial charge in [-0.2, -0.15) is 0 Å². The van der Waals surface area contributed by atoms with Gasteiger partial charge in [-0.25, -0.2) is 4.79 Å². The molecule has 3 atom stereocenters. The number of hydrogen-bond acceptors (Lipinski definition) is 2. The second-order valence-electron chi connectivity index (χ2n) is 7.30.